The molecule has 0 amide bonds. The predicted octanol–water partition coefficient (Wildman–Crippen LogP) is 2.59. The Morgan fingerprint density at radius 1 is 1.21 bits per heavy atom. The van der Waals surface area contributed by atoms with E-state index in [2.05, 4.69) is 0 Å². The molecule has 2 aliphatic rings. The standard InChI is InChI=1S/C17H23NO4S2/c1-13-5-7-15(8-6-13)24(20,21)18-10-3-2-4-16(18)17(19)22-14-9-11-23-12-14/h5-8,14,16H,2-4,9-12H2,1H3/t14-,16-/m0/s1. The zero-order valence-electron chi connectivity index (χ0n) is 13.8. The molecule has 2 aliphatic heterocycles. The van der Waals surface area contributed by atoms with Gasteiger partial charge in [-0.1, -0.05) is 17.7 Å². The topological polar surface area (TPSA) is 63.7 Å². The molecule has 7 heteroatoms. The van der Waals surface area contributed by atoms with E-state index in [4.69, 9.17) is 4.74 Å². The third-order valence-corrected chi connectivity index (χ3v) is 7.58. The highest BCUT2D eigenvalue weighted by atomic mass is 32.2. The molecule has 0 spiro atoms. The van der Waals surface area contributed by atoms with Crippen LogP contribution in [-0.2, 0) is 19.6 Å². The molecule has 24 heavy (non-hydrogen) atoms. The molecule has 1 aromatic carbocycles. The van der Waals surface area contributed by atoms with Gasteiger partial charge in [0.15, 0.2) is 0 Å². The highest BCUT2D eigenvalue weighted by Crippen LogP contribution is 2.28. The Morgan fingerprint density at radius 2 is 1.96 bits per heavy atom. The molecule has 0 radical (unpaired) electrons. The Labute approximate surface area is 147 Å². The predicted molar refractivity (Wildman–Crippen MR) is 94.5 cm³/mol. The van der Waals surface area contributed by atoms with Crippen LogP contribution < -0.4 is 0 Å². The van der Waals surface area contributed by atoms with Gasteiger partial charge in [0.25, 0.3) is 0 Å². The van der Waals surface area contributed by atoms with Gasteiger partial charge in [0.1, 0.15) is 12.1 Å². The highest BCUT2D eigenvalue weighted by molar-refractivity contribution is 7.99. The molecule has 2 heterocycles. The van der Waals surface area contributed by atoms with Gasteiger partial charge in [0, 0.05) is 12.3 Å². The molecule has 0 bridgehead atoms. The average molecular weight is 370 g/mol. The fourth-order valence-electron chi connectivity index (χ4n) is 3.12. The van der Waals surface area contributed by atoms with Gasteiger partial charge in [-0.25, -0.2) is 8.42 Å². The van der Waals surface area contributed by atoms with E-state index in [1.807, 2.05) is 6.92 Å². The summed E-state index contributed by atoms with van der Waals surface area (Å²) in [7, 11) is -3.68. The third-order valence-electron chi connectivity index (χ3n) is 4.52. The van der Waals surface area contributed by atoms with Crippen LogP contribution in [0.2, 0.25) is 0 Å². The van der Waals surface area contributed by atoms with Gasteiger partial charge < -0.3 is 4.74 Å². The molecule has 2 atom stereocenters. The number of carbonyl (C=O) groups excluding carboxylic acids is 1. The second kappa shape index (κ2) is 7.45. The fraction of sp³-hybridized carbons (Fsp3) is 0.588. The van der Waals surface area contributed by atoms with Crippen molar-refractivity contribution in [3.63, 3.8) is 0 Å². The first-order valence-electron chi connectivity index (χ1n) is 8.35. The van der Waals surface area contributed by atoms with Gasteiger partial charge in [0.05, 0.1) is 4.90 Å². The zero-order chi connectivity index (χ0) is 17.2. The number of hydrogen-bond donors (Lipinski definition) is 0. The SMILES string of the molecule is Cc1ccc(S(=O)(=O)N2CCCC[C@H]2C(=O)O[C@H]2CCSC2)cc1. The summed E-state index contributed by atoms with van der Waals surface area (Å²) in [6.07, 6.45) is 2.93. The van der Waals surface area contributed by atoms with Crippen LogP contribution in [0.1, 0.15) is 31.2 Å². The van der Waals surface area contributed by atoms with Crippen molar-refractivity contribution in [3.8, 4) is 0 Å². The number of carbonyl (C=O) groups is 1. The number of sulfonamides is 1. The van der Waals surface area contributed by atoms with Crippen molar-refractivity contribution < 1.29 is 17.9 Å². The fourth-order valence-corrected chi connectivity index (χ4v) is 5.86. The molecule has 2 saturated heterocycles. The van der Waals surface area contributed by atoms with Crippen LogP contribution in [0.4, 0.5) is 0 Å². The Balaban J connectivity index is 1.80. The van der Waals surface area contributed by atoms with E-state index in [1.54, 1.807) is 36.0 Å². The first-order valence-corrected chi connectivity index (χ1v) is 10.9. The number of ether oxygens (including phenoxy) is 1. The summed E-state index contributed by atoms with van der Waals surface area (Å²) in [5, 5.41) is 0. The Hall–Kier alpha value is -1.05. The lowest BCUT2D eigenvalue weighted by atomic mass is 10.1. The molecule has 0 aromatic heterocycles. The first kappa shape index (κ1) is 17.8. The van der Waals surface area contributed by atoms with Gasteiger partial charge in [0.2, 0.25) is 10.0 Å². The number of aryl methyl sites for hydroxylation is 1. The number of hydrogen-bond acceptors (Lipinski definition) is 5. The molecule has 2 fully saturated rings. The van der Waals surface area contributed by atoms with Gasteiger partial charge in [-0.15, -0.1) is 0 Å². The van der Waals surface area contributed by atoms with Crippen LogP contribution in [-0.4, -0.2) is 48.9 Å². The van der Waals surface area contributed by atoms with E-state index in [9.17, 15) is 13.2 Å². The normalized spacial score (nSPS) is 25.5. The Kier molecular flexibility index (Phi) is 5.52. The number of rotatable bonds is 4. The molecule has 0 unspecified atom stereocenters. The van der Waals surface area contributed by atoms with E-state index >= 15 is 0 Å². The summed E-state index contributed by atoms with van der Waals surface area (Å²) in [5.74, 6) is 1.41. The molecule has 5 nitrogen and oxygen atoms in total. The lowest BCUT2D eigenvalue weighted by molar-refractivity contribution is -0.153. The summed E-state index contributed by atoms with van der Waals surface area (Å²) in [6, 6.07) is 6.07. The van der Waals surface area contributed by atoms with Crippen LogP contribution in [0.3, 0.4) is 0 Å². The van der Waals surface area contributed by atoms with Crippen LogP contribution >= 0.6 is 11.8 Å². The summed E-state index contributed by atoms with van der Waals surface area (Å²) in [5.41, 5.74) is 1.00. The molecular weight excluding hydrogens is 346 g/mol. The minimum atomic E-state index is -3.68. The first-order chi connectivity index (χ1) is 11.5. The molecule has 132 valence electrons. The highest BCUT2D eigenvalue weighted by Gasteiger charge is 2.39. The number of nitrogens with zero attached hydrogens (tertiary/aromatic N) is 1. The molecule has 3 rings (SSSR count). The number of thioether (sulfide) groups is 1. The van der Waals surface area contributed by atoms with Crippen LogP contribution in [0, 0.1) is 6.92 Å². The van der Waals surface area contributed by atoms with Crippen molar-refractivity contribution in [3.05, 3.63) is 29.8 Å². The van der Waals surface area contributed by atoms with Crippen LogP contribution in [0.15, 0.2) is 29.2 Å². The minimum absolute atomic E-state index is 0.0756. The van der Waals surface area contributed by atoms with Crippen molar-refractivity contribution in [2.45, 2.75) is 49.6 Å². The number of esters is 1. The van der Waals surface area contributed by atoms with Crippen LogP contribution in [0.5, 0.6) is 0 Å². The molecular formula is C17H23NO4S2. The van der Waals surface area contributed by atoms with E-state index < -0.39 is 22.0 Å². The lowest BCUT2D eigenvalue weighted by Gasteiger charge is -2.33. The number of benzene rings is 1. The van der Waals surface area contributed by atoms with Gasteiger partial charge in [-0.05, 0) is 50.5 Å². The van der Waals surface area contributed by atoms with Gasteiger partial charge in [-0.3, -0.25) is 4.79 Å². The monoisotopic (exact) mass is 369 g/mol. The van der Waals surface area contributed by atoms with Crippen molar-refractivity contribution in [1.29, 1.82) is 0 Å². The van der Waals surface area contributed by atoms with Crippen LogP contribution in [0.25, 0.3) is 0 Å². The quantitative estimate of drug-likeness (QED) is 0.764. The Morgan fingerprint density at radius 3 is 2.62 bits per heavy atom. The smallest absolute Gasteiger partial charge is 0.324 e. The summed E-state index contributed by atoms with van der Waals surface area (Å²) >= 11 is 1.77. The van der Waals surface area contributed by atoms with Crippen molar-refractivity contribution in [2.24, 2.45) is 0 Å². The summed E-state index contributed by atoms with van der Waals surface area (Å²) in [4.78, 5) is 12.8. The van der Waals surface area contributed by atoms with Crippen molar-refractivity contribution in [1.82, 2.24) is 4.31 Å². The summed E-state index contributed by atoms with van der Waals surface area (Å²) in [6.45, 7) is 2.28. The van der Waals surface area contributed by atoms with E-state index in [1.165, 1.54) is 4.31 Å². The molecule has 1 aromatic rings. The van der Waals surface area contributed by atoms with Gasteiger partial charge in [-0.2, -0.15) is 16.1 Å². The maximum absolute atomic E-state index is 13.0. The molecule has 0 aliphatic carbocycles. The third kappa shape index (κ3) is 3.78. The lowest BCUT2D eigenvalue weighted by Crippen LogP contribution is -2.49. The summed E-state index contributed by atoms with van der Waals surface area (Å²) < 4.78 is 32.8. The molecule has 0 N–H and O–H groups in total. The van der Waals surface area contributed by atoms with Crippen molar-refractivity contribution in [2.75, 3.05) is 18.1 Å². The second-order valence-electron chi connectivity index (χ2n) is 6.36. The van der Waals surface area contributed by atoms with Crippen molar-refractivity contribution >= 4 is 27.8 Å². The maximum Gasteiger partial charge on any atom is 0.324 e. The average Bonchev–Trinajstić information content (AvgIpc) is 3.08. The number of piperidine rings is 1. The van der Waals surface area contributed by atoms with E-state index in [0.29, 0.717) is 13.0 Å². The largest absolute Gasteiger partial charge is 0.460 e. The Bertz CT molecular complexity index is 681. The minimum Gasteiger partial charge on any atom is -0.460 e. The maximum atomic E-state index is 13.0. The zero-order valence-corrected chi connectivity index (χ0v) is 15.4. The second-order valence-corrected chi connectivity index (χ2v) is 9.40. The van der Waals surface area contributed by atoms with E-state index in [-0.39, 0.29) is 11.0 Å². The van der Waals surface area contributed by atoms with E-state index in [0.717, 1.165) is 36.3 Å². The molecule has 0 saturated carbocycles. The van der Waals surface area contributed by atoms with Gasteiger partial charge >= 0.3 is 5.97 Å².